The van der Waals surface area contributed by atoms with Crippen LogP contribution < -0.4 is 11.2 Å². The Morgan fingerprint density at radius 2 is 1.82 bits per heavy atom. The Morgan fingerprint density at radius 3 is 2.57 bits per heavy atom. The SMILES string of the molecule is Cn1c(=O)c2ccc(C(=O)N3CCOC(c4ccccc4)C3)nc2n(C)c1=O. The summed E-state index contributed by atoms with van der Waals surface area (Å²) in [5, 5.41) is 0.297. The zero-order valence-corrected chi connectivity index (χ0v) is 15.7. The minimum absolute atomic E-state index is 0.198. The first-order chi connectivity index (χ1) is 13.5. The van der Waals surface area contributed by atoms with Gasteiger partial charge in [0.05, 0.1) is 18.5 Å². The van der Waals surface area contributed by atoms with E-state index in [1.807, 2.05) is 30.3 Å². The number of amides is 1. The van der Waals surface area contributed by atoms with Crippen molar-refractivity contribution in [2.24, 2.45) is 14.1 Å². The molecular formula is C20H20N4O4. The predicted molar refractivity (Wildman–Crippen MR) is 103 cm³/mol. The van der Waals surface area contributed by atoms with Gasteiger partial charge in [-0.25, -0.2) is 9.78 Å². The summed E-state index contributed by atoms with van der Waals surface area (Å²) in [6.07, 6.45) is -0.198. The van der Waals surface area contributed by atoms with Gasteiger partial charge >= 0.3 is 5.69 Å². The van der Waals surface area contributed by atoms with E-state index in [-0.39, 0.29) is 23.4 Å². The highest BCUT2D eigenvalue weighted by atomic mass is 16.5. The molecule has 1 atom stereocenters. The van der Waals surface area contributed by atoms with Gasteiger partial charge in [0.15, 0.2) is 0 Å². The first kappa shape index (κ1) is 18.1. The number of aromatic nitrogens is 3. The van der Waals surface area contributed by atoms with Crippen LogP contribution >= 0.6 is 0 Å². The summed E-state index contributed by atoms with van der Waals surface area (Å²) in [6, 6.07) is 12.8. The molecule has 1 aliphatic heterocycles. The van der Waals surface area contributed by atoms with Gasteiger partial charge in [-0.3, -0.25) is 18.7 Å². The normalized spacial score (nSPS) is 17.1. The maximum absolute atomic E-state index is 13.0. The van der Waals surface area contributed by atoms with Gasteiger partial charge in [0.25, 0.3) is 11.5 Å². The van der Waals surface area contributed by atoms with Crippen LogP contribution in [0.25, 0.3) is 11.0 Å². The van der Waals surface area contributed by atoms with Crippen molar-refractivity contribution in [3.63, 3.8) is 0 Å². The van der Waals surface area contributed by atoms with Crippen molar-refractivity contribution in [2.75, 3.05) is 19.7 Å². The zero-order chi connectivity index (χ0) is 19.8. The van der Waals surface area contributed by atoms with Gasteiger partial charge in [0.1, 0.15) is 17.4 Å². The van der Waals surface area contributed by atoms with Gasteiger partial charge < -0.3 is 9.64 Å². The fourth-order valence-corrected chi connectivity index (χ4v) is 3.44. The van der Waals surface area contributed by atoms with E-state index < -0.39 is 11.2 Å². The Kier molecular flexibility index (Phi) is 4.56. The Morgan fingerprint density at radius 1 is 1.07 bits per heavy atom. The monoisotopic (exact) mass is 380 g/mol. The Labute approximate surface area is 160 Å². The number of aryl methyl sites for hydroxylation is 1. The molecule has 0 aliphatic carbocycles. The number of morpholine rings is 1. The molecule has 28 heavy (non-hydrogen) atoms. The third-order valence-corrected chi connectivity index (χ3v) is 5.05. The number of hydrogen-bond acceptors (Lipinski definition) is 5. The molecule has 1 aromatic carbocycles. The number of carbonyl (C=O) groups is 1. The van der Waals surface area contributed by atoms with Crippen LogP contribution in [0.2, 0.25) is 0 Å². The molecule has 8 nitrogen and oxygen atoms in total. The van der Waals surface area contributed by atoms with Crippen molar-refractivity contribution in [1.82, 2.24) is 19.0 Å². The molecule has 144 valence electrons. The summed E-state index contributed by atoms with van der Waals surface area (Å²) in [4.78, 5) is 43.5. The molecule has 4 rings (SSSR count). The number of carbonyl (C=O) groups excluding carboxylic acids is 1. The minimum Gasteiger partial charge on any atom is -0.370 e. The number of benzene rings is 1. The molecule has 1 unspecified atom stereocenters. The van der Waals surface area contributed by atoms with Crippen molar-refractivity contribution in [3.8, 4) is 0 Å². The van der Waals surface area contributed by atoms with Crippen molar-refractivity contribution >= 4 is 16.9 Å². The molecule has 2 aromatic heterocycles. The molecule has 1 aliphatic rings. The zero-order valence-electron chi connectivity index (χ0n) is 15.7. The van der Waals surface area contributed by atoms with Crippen molar-refractivity contribution in [3.05, 3.63) is 74.6 Å². The third-order valence-electron chi connectivity index (χ3n) is 5.05. The molecule has 8 heteroatoms. The molecule has 0 radical (unpaired) electrons. The van der Waals surface area contributed by atoms with Gasteiger partial charge in [-0.2, -0.15) is 0 Å². The predicted octanol–water partition coefficient (Wildman–Crippen LogP) is 0.846. The van der Waals surface area contributed by atoms with Crippen LogP contribution in [0.3, 0.4) is 0 Å². The van der Waals surface area contributed by atoms with Gasteiger partial charge in [0.2, 0.25) is 0 Å². The molecule has 1 amide bonds. The number of rotatable bonds is 2. The van der Waals surface area contributed by atoms with E-state index in [9.17, 15) is 14.4 Å². The highest BCUT2D eigenvalue weighted by molar-refractivity contribution is 5.94. The average molecular weight is 380 g/mol. The van der Waals surface area contributed by atoms with Crippen molar-refractivity contribution in [2.45, 2.75) is 6.10 Å². The van der Waals surface area contributed by atoms with Gasteiger partial charge in [-0.1, -0.05) is 30.3 Å². The molecule has 3 aromatic rings. The van der Waals surface area contributed by atoms with E-state index in [1.54, 1.807) is 11.0 Å². The Hall–Kier alpha value is -3.26. The fraction of sp³-hybridized carbons (Fsp3) is 0.300. The van der Waals surface area contributed by atoms with Gasteiger partial charge in [-0.15, -0.1) is 0 Å². The number of pyridine rings is 1. The quantitative estimate of drug-likeness (QED) is 0.658. The molecule has 1 fully saturated rings. The maximum Gasteiger partial charge on any atom is 0.332 e. The number of nitrogens with zero attached hydrogens (tertiary/aromatic N) is 4. The lowest BCUT2D eigenvalue weighted by Gasteiger charge is -2.33. The summed E-state index contributed by atoms with van der Waals surface area (Å²) in [5.41, 5.74) is 0.499. The lowest BCUT2D eigenvalue weighted by Crippen LogP contribution is -2.42. The number of fused-ring (bicyclic) bond motifs is 1. The number of ether oxygens (including phenoxy) is 1. The van der Waals surface area contributed by atoms with E-state index in [4.69, 9.17) is 4.74 Å². The van der Waals surface area contributed by atoms with E-state index in [2.05, 4.69) is 4.98 Å². The smallest absolute Gasteiger partial charge is 0.332 e. The fourth-order valence-electron chi connectivity index (χ4n) is 3.44. The first-order valence-corrected chi connectivity index (χ1v) is 9.00. The summed E-state index contributed by atoms with van der Waals surface area (Å²) in [7, 11) is 2.95. The van der Waals surface area contributed by atoms with E-state index in [0.717, 1.165) is 10.1 Å². The molecule has 0 saturated carbocycles. The van der Waals surface area contributed by atoms with Crippen LogP contribution in [0.5, 0.6) is 0 Å². The second kappa shape index (κ2) is 7.05. The summed E-state index contributed by atoms with van der Waals surface area (Å²) in [6.45, 7) is 1.30. The van der Waals surface area contributed by atoms with E-state index >= 15 is 0 Å². The van der Waals surface area contributed by atoms with Crippen LogP contribution in [0.4, 0.5) is 0 Å². The van der Waals surface area contributed by atoms with Crippen molar-refractivity contribution < 1.29 is 9.53 Å². The second-order valence-corrected chi connectivity index (χ2v) is 6.79. The van der Waals surface area contributed by atoms with Crippen molar-refractivity contribution in [1.29, 1.82) is 0 Å². The van der Waals surface area contributed by atoms with E-state index in [1.165, 1.54) is 24.7 Å². The van der Waals surface area contributed by atoms with Crippen LogP contribution in [0, 0.1) is 0 Å². The lowest BCUT2D eigenvalue weighted by molar-refractivity contribution is -0.0230. The third kappa shape index (κ3) is 3.01. The van der Waals surface area contributed by atoms with Crippen LogP contribution in [-0.4, -0.2) is 44.6 Å². The van der Waals surface area contributed by atoms with Gasteiger partial charge in [0, 0.05) is 20.6 Å². The first-order valence-electron chi connectivity index (χ1n) is 9.00. The molecule has 3 heterocycles. The molecule has 0 bridgehead atoms. The Balaban J connectivity index is 1.67. The average Bonchev–Trinajstić information content (AvgIpc) is 2.76. The van der Waals surface area contributed by atoms with Crippen LogP contribution in [0.15, 0.2) is 52.1 Å². The molecule has 0 spiro atoms. The molecule has 0 N–H and O–H groups in total. The summed E-state index contributed by atoms with van der Waals surface area (Å²) < 4.78 is 8.11. The molecular weight excluding hydrogens is 360 g/mol. The standard InChI is InChI=1S/C20H20N4O4/c1-22-17-14(18(25)23(2)20(22)27)8-9-15(21-17)19(26)24-10-11-28-16(12-24)13-6-4-3-5-7-13/h3-9,16H,10-12H2,1-2H3. The minimum atomic E-state index is -0.481. The van der Waals surface area contributed by atoms with Crippen LogP contribution in [0.1, 0.15) is 22.2 Å². The highest BCUT2D eigenvalue weighted by Gasteiger charge is 2.27. The topological polar surface area (TPSA) is 86.4 Å². The summed E-state index contributed by atoms with van der Waals surface area (Å²) >= 11 is 0. The van der Waals surface area contributed by atoms with Gasteiger partial charge in [-0.05, 0) is 17.7 Å². The summed E-state index contributed by atoms with van der Waals surface area (Å²) in [5.74, 6) is -0.251. The highest BCUT2D eigenvalue weighted by Crippen LogP contribution is 2.23. The largest absolute Gasteiger partial charge is 0.370 e. The Bertz CT molecular complexity index is 1170. The second-order valence-electron chi connectivity index (χ2n) is 6.79. The lowest BCUT2D eigenvalue weighted by atomic mass is 10.1. The van der Waals surface area contributed by atoms with E-state index in [0.29, 0.717) is 25.1 Å². The maximum atomic E-state index is 13.0. The molecule has 1 saturated heterocycles. The van der Waals surface area contributed by atoms with Crippen LogP contribution in [-0.2, 0) is 18.8 Å². The number of hydrogen-bond donors (Lipinski definition) is 0.